The van der Waals surface area contributed by atoms with E-state index < -0.39 is 24.3 Å². The second-order valence-electron chi connectivity index (χ2n) is 8.62. The van der Waals surface area contributed by atoms with Crippen molar-refractivity contribution in [2.45, 2.75) is 50.2 Å². The topological polar surface area (TPSA) is 120 Å². The molecule has 2 heterocycles. The molecule has 2 aliphatic rings. The van der Waals surface area contributed by atoms with E-state index in [1.807, 2.05) is 48.8 Å². The van der Waals surface area contributed by atoms with Crippen LogP contribution < -0.4 is 5.32 Å². The van der Waals surface area contributed by atoms with Gasteiger partial charge >= 0.3 is 24.3 Å². The van der Waals surface area contributed by atoms with Crippen LogP contribution in [0.5, 0.6) is 0 Å². The summed E-state index contributed by atoms with van der Waals surface area (Å²) in [4.78, 5) is 36.8. The summed E-state index contributed by atoms with van der Waals surface area (Å²) in [5, 5.41) is 17.5. The molecule has 3 atom stereocenters. The summed E-state index contributed by atoms with van der Waals surface area (Å²) in [5.41, 5.74) is 2.35. The lowest BCUT2D eigenvalue weighted by atomic mass is 10.0. The summed E-state index contributed by atoms with van der Waals surface area (Å²) in [6.07, 6.45) is -3.64. The molecule has 3 N–H and O–H groups in total. The predicted octanol–water partition coefficient (Wildman–Crippen LogP) is 3.67. The van der Waals surface area contributed by atoms with E-state index >= 15 is 0 Å². The van der Waals surface area contributed by atoms with E-state index in [1.54, 1.807) is 0 Å². The van der Waals surface area contributed by atoms with Gasteiger partial charge in [0.25, 0.3) is 0 Å². The van der Waals surface area contributed by atoms with Gasteiger partial charge in [0.15, 0.2) is 0 Å². The number of hydrogen-bond donors (Lipinski definition) is 3. The second kappa shape index (κ2) is 13.2. The van der Waals surface area contributed by atoms with Gasteiger partial charge in [0, 0.05) is 37.6 Å². The Kier molecular flexibility index (Phi) is 10.6. The number of nitrogens with zero attached hydrogens (tertiary/aromatic N) is 2. The smallest absolute Gasteiger partial charge is 0.475 e. The molecule has 3 unspecified atom stereocenters. The fraction of sp³-hybridized carbons (Fsp3) is 0.417. The number of rotatable bonds is 5. The van der Waals surface area contributed by atoms with Crippen molar-refractivity contribution in [3.05, 3.63) is 66.0 Å². The van der Waals surface area contributed by atoms with Crippen LogP contribution in [0.3, 0.4) is 0 Å². The van der Waals surface area contributed by atoms with Gasteiger partial charge in [0.1, 0.15) is 0 Å². The van der Waals surface area contributed by atoms with E-state index in [0.29, 0.717) is 24.4 Å². The van der Waals surface area contributed by atoms with Gasteiger partial charge in [-0.1, -0.05) is 36.4 Å². The minimum absolute atomic E-state index is 0.151. The SMILES string of the molecule is O=C(Cc1ccccc1)NC1CC2CC1CN2Cc1cccnc1.O=C(O)C(F)(F)F.O=C(O)C(F)(F)F. The number of alkyl halides is 6. The van der Waals surface area contributed by atoms with Gasteiger partial charge in [0.05, 0.1) is 6.42 Å². The number of aliphatic carboxylic acids is 2. The van der Waals surface area contributed by atoms with E-state index in [9.17, 15) is 31.1 Å². The van der Waals surface area contributed by atoms with E-state index in [4.69, 9.17) is 19.8 Å². The van der Waals surface area contributed by atoms with Crippen LogP contribution in [0.1, 0.15) is 24.0 Å². The van der Waals surface area contributed by atoms with Crippen molar-refractivity contribution in [3.8, 4) is 0 Å². The molecule has 1 aromatic carbocycles. The molecule has 208 valence electrons. The minimum Gasteiger partial charge on any atom is -0.475 e. The molecule has 0 spiro atoms. The number of fused-ring (bicyclic) bond motifs is 2. The number of likely N-dealkylation sites (tertiary alicyclic amines) is 1. The van der Waals surface area contributed by atoms with Crippen LogP contribution in [0.4, 0.5) is 26.3 Å². The Morgan fingerprint density at radius 1 is 0.895 bits per heavy atom. The first kappa shape index (κ1) is 30.5. The lowest BCUT2D eigenvalue weighted by molar-refractivity contribution is -0.193. The summed E-state index contributed by atoms with van der Waals surface area (Å²) < 4.78 is 63.5. The van der Waals surface area contributed by atoms with Gasteiger partial charge in [0.2, 0.25) is 5.91 Å². The van der Waals surface area contributed by atoms with Crippen molar-refractivity contribution in [2.24, 2.45) is 5.92 Å². The molecular formula is C24H25F6N3O5. The first-order chi connectivity index (χ1) is 17.7. The molecule has 8 nitrogen and oxygen atoms in total. The van der Waals surface area contributed by atoms with Gasteiger partial charge in [-0.2, -0.15) is 26.3 Å². The molecular weight excluding hydrogens is 524 g/mol. The van der Waals surface area contributed by atoms with Crippen molar-refractivity contribution in [3.63, 3.8) is 0 Å². The predicted molar refractivity (Wildman–Crippen MR) is 121 cm³/mol. The van der Waals surface area contributed by atoms with Crippen molar-refractivity contribution in [2.75, 3.05) is 6.54 Å². The van der Waals surface area contributed by atoms with E-state index in [2.05, 4.69) is 21.3 Å². The quantitative estimate of drug-likeness (QED) is 0.487. The highest BCUT2D eigenvalue weighted by molar-refractivity contribution is 5.79. The molecule has 14 heteroatoms. The first-order valence-electron chi connectivity index (χ1n) is 11.2. The number of aromatic nitrogens is 1. The number of hydrogen-bond acceptors (Lipinski definition) is 5. The van der Waals surface area contributed by atoms with E-state index in [0.717, 1.165) is 25.1 Å². The van der Waals surface area contributed by atoms with Crippen LogP contribution in [-0.4, -0.2) is 68.9 Å². The Labute approximate surface area is 213 Å². The van der Waals surface area contributed by atoms with Crippen molar-refractivity contribution in [1.29, 1.82) is 0 Å². The maximum Gasteiger partial charge on any atom is 0.490 e. The van der Waals surface area contributed by atoms with E-state index in [1.165, 1.54) is 12.0 Å². The van der Waals surface area contributed by atoms with Crippen LogP contribution in [-0.2, 0) is 27.3 Å². The molecule has 1 aliphatic heterocycles. The van der Waals surface area contributed by atoms with Crippen LogP contribution in [0, 0.1) is 5.92 Å². The standard InChI is InChI=1S/C20H23N3O.2C2HF3O2/c24-20(9-15-5-2-1-3-6-15)22-19-11-18-10-17(19)14-23(18)13-16-7-4-8-21-12-16;2*3-2(4,5)1(6)7/h1-8,12,17-19H,9-11,13-14H2,(H,22,24);2*(H,6,7). The molecule has 2 aromatic rings. The third kappa shape index (κ3) is 10.00. The highest BCUT2D eigenvalue weighted by Crippen LogP contribution is 2.38. The van der Waals surface area contributed by atoms with Gasteiger partial charge in [-0.3, -0.25) is 14.7 Å². The summed E-state index contributed by atoms with van der Waals surface area (Å²) >= 11 is 0. The fourth-order valence-electron chi connectivity index (χ4n) is 4.18. The molecule has 1 aliphatic carbocycles. The molecule has 1 saturated heterocycles. The molecule has 1 aromatic heterocycles. The molecule has 2 bridgehead atoms. The number of amides is 1. The summed E-state index contributed by atoms with van der Waals surface area (Å²) in [5.74, 6) is -4.77. The number of pyridine rings is 1. The van der Waals surface area contributed by atoms with Crippen molar-refractivity contribution >= 4 is 17.8 Å². The number of piperidine rings is 1. The Bertz CT molecular complexity index is 1040. The summed E-state index contributed by atoms with van der Waals surface area (Å²) in [6, 6.07) is 15.0. The second-order valence-corrected chi connectivity index (χ2v) is 8.62. The average molecular weight is 549 g/mol. The number of nitrogens with one attached hydrogen (secondary N) is 1. The maximum absolute atomic E-state index is 12.3. The zero-order valence-electron chi connectivity index (χ0n) is 19.7. The molecule has 1 saturated carbocycles. The number of carboxylic acids is 2. The number of benzene rings is 1. The third-order valence-electron chi connectivity index (χ3n) is 5.80. The Hall–Kier alpha value is -3.68. The summed E-state index contributed by atoms with van der Waals surface area (Å²) in [6.45, 7) is 2.05. The lowest BCUT2D eigenvalue weighted by Crippen LogP contribution is -2.46. The van der Waals surface area contributed by atoms with Crippen LogP contribution in [0.15, 0.2) is 54.9 Å². The Balaban J connectivity index is 0.000000301. The van der Waals surface area contributed by atoms with Crippen molar-refractivity contribution in [1.82, 2.24) is 15.2 Å². The van der Waals surface area contributed by atoms with Gasteiger partial charge in [-0.05, 0) is 36.0 Å². The van der Waals surface area contributed by atoms with Gasteiger partial charge in [-0.25, -0.2) is 9.59 Å². The molecule has 4 rings (SSSR count). The number of halogens is 6. The van der Waals surface area contributed by atoms with Crippen LogP contribution in [0.25, 0.3) is 0 Å². The zero-order valence-corrected chi connectivity index (χ0v) is 19.7. The normalized spacial score (nSPS) is 20.4. The molecule has 2 fully saturated rings. The zero-order chi connectivity index (χ0) is 28.5. The minimum atomic E-state index is -5.08. The average Bonchev–Trinajstić information content (AvgIpc) is 3.40. The largest absolute Gasteiger partial charge is 0.490 e. The summed E-state index contributed by atoms with van der Waals surface area (Å²) in [7, 11) is 0. The Morgan fingerprint density at radius 2 is 1.45 bits per heavy atom. The maximum atomic E-state index is 12.3. The molecule has 1 amide bonds. The highest BCUT2D eigenvalue weighted by Gasteiger charge is 2.45. The molecule has 0 radical (unpaired) electrons. The lowest BCUT2D eigenvalue weighted by Gasteiger charge is -2.32. The van der Waals surface area contributed by atoms with Crippen LogP contribution in [0.2, 0.25) is 0 Å². The fourth-order valence-corrected chi connectivity index (χ4v) is 4.18. The van der Waals surface area contributed by atoms with Gasteiger partial charge < -0.3 is 15.5 Å². The number of carbonyl (C=O) groups is 3. The monoisotopic (exact) mass is 549 g/mol. The van der Waals surface area contributed by atoms with Gasteiger partial charge in [-0.15, -0.1) is 0 Å². The third-order valence-corrected chi connectivity index (χ3v) is 5.80. The first-order valence-corrected chi connectivity index (χ1v) is 11.2. The number of carboxylic acid groups (broad SMARTS) is 2. The Morgan fingerprint density at radius 3 is 1.89 bits per heavy atom. The van der Waals surface area contributed by atoms with Crippen LogP contribution >= 0.6 is 0 Å². The van der Waals surface area contributed by atoms with Crippen molar-refractivity contribution < 1.29 is 50.9 Å². The highest BCUT2D eigenvalue weighted by atomic mass is 19.4. The van der Waals surface area contributed by atoms with E-state index in [-0.39, 0.29) is 5.91 Å². The molecule has 38 heavy (non-hydrogen) atoms. The number of carbonyl (C=O) groups excluding carboxylic acids is 1.